The second-order valence-electron chi connectivity index (χ2n) is 4.76. The molecule has 20 heavy (non-hydrogen) atoms. The van der Waals surface area contributed by atoms with Crippen LogP contribution in [0.4, 0.5) is 5.69 Å². The number of aromatic nitrogens is 1. The molecule has 0 amide bonds. The van der Waals surface area contributed by atoms with Crippen LogP contribution in [0.3, 0.4) is 0 Å². The van der Waals surface area contributed by atoms with Crippen molar-refractivity contribution in [1.82, 2.24) is 14.6 Å². The highest BCUT2D eigenvalue weighted by atomic mass is 32.2. The molecule has 1 aromatic heterocycles. The first-order valence-electron chi connectivity index (χ1n) is 6.74. The lowest BCUT2D eigenvalue weighted by Crippen LogP contribution is -2.37. The highest BCUT2D eigenvalue weighted by Crippen LogP contribution is 2.18. The molecule has 1 heterocycles. The van der Waals surface area contributed by atoms with E-state index in [4.69, 9.17) is 0 Å². The molecule has 1 aromatic rings. The molecule has 0 radical (unpaired) electrons. The van der Waals surface area contributed by atoms with Gasteiger partial charge in [0.1, 0.15) is 4.90 Å². The smallest absolute Gasteiger partial charge is 0.244 e. The lowest BCUT2D eigenvalue weighted by Gasteiger charge is -2.23. The van der Waals surface area contributed by atoms with Gasteiger partial charge < -0.3 is 10.2 Å². The lowest BCUT2D eigenvalue weighted by molar-refractivity contribution is 0.256. The first kappa shape index (κ1) is 16.9. The maximum absolute atomic E-state index is 12.2. The standard InChI is InChI=1S/C13H24N4O2S/c1-5-11(2)17(4)9-8-16-20(18,19)13-10-15-7-6-12(13)14-3/h6-7,10-11,16H,5,8-9H2,1-4H3,(H,14,15). The summed E-state index contributed by atoms with van der Waals surface area (Å²) in [5.74, 6) is 0. The molecule has 1 rings (SSSR count). The van der Waals surface area contributed by atoms with Crippen LogP contribution in [0.1, 0.15) is 20.3 Å². The lowest BCUT2D eigenvalue weighted by atomic mass is 10.2. The monoisotopic (exact) mass is 300 g/mol. The van der Waals surface area contributed by atoms with Crippen LogP contribution in [0, 0.1) is 0 Å². The SMILES string of the molecule is CCC(C)N(C)CCNS(=O)(=O)c1cnccc1NC. The number of nitrogens with zero attached hydrogens (tertiary/aromatic N) is 2. The molecule has 114 valence electrons. The number of hydrogen-bond acceptors (Lipinski definition) is 5. The Kier molecular flexibility index (Phi) is 6.38. The van der Waals surface area contributed by atoms with Crippen molar-refractivity contribution in [2.45, 2.75) is 31.2 Å². The number of hydrogen-bond donors (Lipinski definition) is 2. The van der Waals surface area contributed by atoms with Gasteiger partial charge in [0.25, 0.3) is 0 Å². The molecule has 0 aliphatic heterocycles. The Hall–Kier alpha value is -1.18. The maximum atomic E-state index is 12.2. The Labute approximate surface area is 121 Å². The quantitative estimate of drug-likeness (QED) is 0.753. The summed E-state index contributed by atoms with van der Waals surface area (Å²) < 4.78 is 27.1. The number of anilines is 1. The molecule has 0 fully saturated rings. The van der Waals surface area contributed by atoms with Gasteiger partial charge in [-0.2, -0.15) is 0 Å². The molecule has 7 heteroatoms. The highest BCUT2D eigenvalue weighted by molar-refractivity contribution is 7.89. The molecule has 0 saturated heterocycles. The van der Waals surface area contributed by atoms with Crippen molar-refractivity contribution in [3.05, 3.63) is 18.5 Å². The molecule has 6 nitrogen and oxygen atoms in total. The Bertz CT molecular complexity index is 519. The molecule has 0 aliphatic rings. The van der Waals surface area contributed by atoms with E-state index >= 15 is 0 Å². The van der Waals surface area contributed by atoms with Crippen molar-refractivity contribution in [3.8, 4) is 0 Å². The number of likely N-dealkylation sites (N-methyl/N-ethyl adjacent to an activating group) is 1. The third-order valence-electron chi connectivity index (χ3n) is 3.44. The van der Waals surface area contributed by atoms with Crippen LogP contribution in [-0.2, 0) is 10.0 Å². The van der Waals surface area contributed by atoms with Gasteiger partial charge >= 0.3 is 0 Å². The van der Waals surface area contributed by atoms with Crippen LogP contribution in [-0.4, -0.2) is 51.5 Å². The molecule has 0 aliphatic carbocycles. The van der Waals surface area contributed by atoms with E-state index in [2.05, 4.69) is 33.8 Å². The molecular formula is C13H24N4O2S. The first-order chi connectivity index (χ1) is 9.42. The third kappa shape index (κ3) is 4.43. The summed E-state index contributed by atoms with van der Waals surface area (Å²) in [6, 6.07) is 2.07. The summed E-state index contributed by atoms with van der Waals surface area (Å²) >= 11 is 0. The van der Waals surface area contributed by atoms with Crippen molar-refractivity contribution < 1.29 is 8.42 Å². The van der Waals surface area contributed by atoms with Crippen LogP contribution < -0.4 is 10.0 Å². The average Bonchev–Trinajstić information content (AvgIpc) is 2.45. The summed E-state index contributed by atoms with van der Waals surface area (Å²) in [6.45, 7) is 5.28. The summed E-state index contributed by atoms with van der Waals surface area (Å²) in [4.78, 5) is 6.18. The van der Waals surface area contributed by atoms with Gasteiger partial charge in [-0.3, -0.25) is 4.98 Å². The van der Waals surface area contributed by atoms with E-state index in [1.54, 1.807) is 19.3 Å². The van der Waals surface area contributed by atoms with Gasteiger partial charge in [-0.1, -0.05) is 6.92 Å². The van der Waals surface area contributed by atoms with Gasteiger partial charge in [0, 0.05) is 38.6 Å². The van der Waals surface area contributed by atoms with Gasteiger partial charge in [-0.05, 0) is 26.5 Å². The molecule has 1 atom stereocenters. The van der Waals surface area contributed by atoms with Crippen molar-refractivity contribution in [2.24, 2.45) is 0 Å². The highest BCUT2D eigenvalue weighted by Gasteiger charge is 2.18. The topological polar surface area (TPSA) is 74.3 Å². The fraction of sp³-hybridized carbons (Fsp3) is 0.615. The zero-order valence-corrected chi connectivity index (χ0v) is 13.4. The molecule has 0 bridgehead atoms. The van der Waals surface area contributed by atoms with Gasteiger partial charge in [-0.15, -0.1) is 0 Å². The third-order valence-corrected chi connectivity index (χ3v) is 4.93. The van der Waals surface area contributed by atoms with Crippen LogP contribution in [0.15, 0.2) is 23.4 Å². The Morgan fingerprint density at radius 2 is 2.15 bits per heavy atom. The van der Waals surface area contributed by atoms with E-state index in [0.29, 0.717) is 24.8 Å². The number of sulfonamides is 1. The second kappa shape index (κ2) is 7.56. The van der Waals surface area contributed by atoms with E-state index in [-0.39, 0.29) is 4.90 Å². The van der Waals surface area contributed by atoms with E-state index in [1.165, 1.54) is 6.20 Å². The van der Waals surface area contributed by atoms with Gasteiger partial charge in [0.05, 0.1) is 5.69 Å². The van der Waals surface area contributed by atoms with Crippen LogP contribution in [0.25, 0.3) is 0 Å². The molecule has 2 N–H and O–H groups in total. The van der Waals surface area contributed by atoms with E-state index in [0.717, 1.165) is 6.42 Å². The predicted octanol–water partition coefficient (Wildman–Crippen LogP) is 1.13. The zero-order chi connectivity index (χ0) is 15.2. The summed E-state index contributed by atoms with van der Waals surface area (Å²) in [6.07, 6.45) is 3.95. The summed E-state index contributed by atoms with van der Waals surface area (Å²) in [5.41, 5.74) is 0.544. The Balaban J connectivity index is 2.67. The molecule has 0 aromatic carbocycles. The van der Waals surface area contributed by atoms with Crippen molar-refractivity contribution in [1.29, 1.82) is 0 Å². The first-order valence-corrected chi connectivity index (χ1v) is 8.22. The number of nitrogens with one attached hydrogen (secondary N) is 2. The molecule has 0 spiro atoms. The average molecular weight is 300 g/mol. The maximum Gasteiger partial charge on any atom is 0.244 e. The molecular weight excluding hydrogens is 276 g/mol. The van der Waals surface area contributed by atoms with E-state index < -0.39 is 10.0 Å². The van der Waals surface area contributed by atoms with Gasteiger partial charge in [-0.25, -0.2) is 13.1 Å². The minimum Gasteiger partial charge on any atom is -0.387 e. The van der Waals surface area contributed by atoms with E-state index in [9.17, 15) is 8.42 Å². The second-order valence-corrected chi connectivity index (χ2v) is 6.49. The zero-order valence-electron chi connectivity index (χ0n) is 12.5. The Morgan fingerprint density at radius 1 is 1.45 bits per heavy atom. The normalized spacial score (nSPS) is 13.4. The Morgan fingerprint density at radius 3 is 2.75 bits per heavy atom. The fourth-order valence-corrected chi connectivity index (χ4v) is 2.94. The van der Waals surface area contributed by atoms with Crippen molar-refractivity contribution in [3.63, 3.8) is 0 Å². The predicted molar refractivity (Wildman–Crippen MR) is 81.4 cm³/mol. The minimum atomic E-state index is -3.53. The molecule has 0 saturated carbocycles. The summed E-state index contributed by atoms with van der Waals surface area (Å²) in [5, 5.41) is 2.86. The van der Waals surface area contributed by atoms with Crippen LogP contribution >= 0.6 is 0 Å². The van der Waals surface area contributed by atoms with Gasteiger partial charge in [0.15, 0.2) is 0 Å². The van der Waals surface area contributed by atoms with Crippen molar-refractivity contribution >= 4 is 15.7 Å². The van der Waals surface area contributed by atoms with E-state index in [1.807, 2.05) is 7.05 Å². The van der Waals surface area contributed by atoms with Crippen molar-refractivity contribution in [2.75, 3.05) is 32.5 Å². The largest absolute Gasteiger partial charge is 0.387 e. The number of pyridine rings is 1. The summed E-state index contributed by atoms with van der Waals surface area (Å²) in [7, 11) is 0.144. The van der Waals surface area contributed by atoms with Crippen LogP contribution in [0.2, 0.25) is 0 Å². The molecule has 1 unspecified atom stereocenters. The van der Waals surface area contributed by atoms with Crippen LogP contribution in [0.5, 0.6) is 0 Å². The fourth-order valence-electron chi connectivity index (χ4n) is 1.77. The minimum absolute atomic E-state index is 0.175. The van der Waals surface area contributed by atoms with Gasteiger partial charge in [0.2, 0.25) is 10.0 Å². The number of rotatable bonds is 8.